The van der Waals surface area contributed by atoms with Gasteiger partial charge in [0.2, 0.25) is 0 Å². The van der Waals surface area contributed by atoms with Gasteiger partial charge in [0, 0.05) is 12.1 Å². The number of ether oxygens (including phenoxy) is 1. The van der Waals surface area contributed by atoms with Gasteiger partial charge in [0.25, 0.3) is 0 Å². The van der Waals surface area contributed by atoms with Crippen LogP contribution >= 0.6 is 0 Å². The largest absolute Gasteiger partial charge is 0.372 e. The molecule has 0 radical (unpaired) electrons. The van der Waals surface area contributed by atoms with Crippen LogP contribution in [0.2, 0.25) is 0 Å². The number of nitrogens with two attached hydrogens (primary N) is 1. The number of hydrogen-bond acceptors (Lipinski definition) is 2. The lowest BCUT2D eigenvalue weighted by Gasteiger charge is -2.25. The monoisotopic (exact) mass is 181 g/mol. The van der Waals surface area contributed by atoms with E-state index >= 15 is 0 Å². The van der Waals surface area contributed by atoms with Crippen LogP contribution in [-0.2, 0) is 11.2 Å². The molecule has 1 aromatic rings. The van der Waals surface area contributed by atoms with Crippen LogP contribution in [0.5, 0.6) is 0 Å². The van der Waals surface area contributed by atoms with Gasteiger partial charge in [-0.25, -0.2) is 4.39 Å². The third kappa shape index (κ3) is 1.45. The van der Waals surface area contributed by atoms with Crippen molar-refractivity contribution in [2.24, 2.45) is 5.73 Å². The van der Waals surface area contributed by atoms with Crippen molar-refractivity contribution in [2.45, 2.75) is 12.5 Å². The van der Waals surface area contributed by atoms with Crippen LogP contribution in [0.1, 0.15) is 17.2 Å². The van der Waals surface area contributed by atoms with Crippen molar-refractivity contribution in [3.05, 3.63) is 35.1 Å². The molecule has 0 aromatic heterocycles. The molecule has 2 N–H and O–H groups in total. The van der Waals surface area contributed by atoms with Gasteiger partial charge >= 0.3 is 0 Å². The van der Waals surface area contributed by atoms with Crippen molar-refractivity contribution in [1.29, 1.82) is 0 Å². The van der Waals surface area contributed by atoms with E-state index in [1.54, 1.807) is 6.07 Å². The number of benzene rings is 1. The van der Waals surface area contributed by atoms with E-state index < -0.39 is 0 Å². The molecule has 0 fully saturated rings. The fourth-order valence-electron chi connectivity index (χ4n) is 1.74. The maximum absolute atomic E-state index is 13.4. The molecular weight excluding hydrogens is 169 g/mol. The lowest BCUT2D eigenvalue weighted by molar-refractivity contribution is 0.0456. The van der Waals surface area contributed by atoms with E-state index in [4.69, 9.17) is 10.5 Å². The van der Waals surface area contributed by atoms with Gasteiger partial charge in [-0.15, -0.1) is 0 Å². The molecule has 0 bridgehead atoms. The normalized spacial score (nSPS) is 21.2. The van der Waals surface area contributed by atoms with Gasteiger partial charge in [-0.1, -0.05) is 12.1 Å². The molecule has 0 saturated carbocycles. The zero-order chi connectivity index (χ0) is 9.26. The van der Waals surface area contributed by atoms with Gasteiger partial charge in [0.05, 0.1) is 12.7 Å². The van der Waals surface area contributed by atoms with Gasteiger partial charge in [-0.3, -0.25) is 0 Å². The summed E-state index contributed by atoms with van der Waals surface area (Å²) < 4.78 is 18.7. The molecule has 70 valence electrons. The zero-order valence-corrected chi connectivity index (χ0v) is 7.29. The lowest BCUT2D eigenvalue weighted by atomic mass is 9.97. The predicted octanol–water partition coefficient (Wildman–Crippen LogP) is 1.40. The van der Waals surface area contributed by atoms with E-state index in [0.717, 1.165) is 12.0 Å². The second-order valence-corrected chi connectivity index (χ2v) is 3.16. The average Bonchev–Trinajstić information content (AvgIpc) is 2.17. The van der Waals surface area contributed by atoms with E-state index in [0.29, 0.717) is 18.7 Å². The molecule has 0 amide bonds. The van der Waals surface area contributed by atoms with Gasteiger partial charge in [0.15, 0.2) is 0 Å². The van der Waals surface area contributed by atoms with Crippen molar-refractivity contribution in [3.63, 3.8) is 0 Å². The number of rotatable bonds is 1. The van der Waals surface area contributed by atoms with Crippen LogP contribution in [-0.4, -0.2) is 13.2 Å². The van der Waals surface area contributed by atoms with Crippen LogP contribution in [0.25, 0.3) is 0 Å². The Kier molecular flexibility index (Phi) is 2.29. The first-order valence-electron chi connectivity index (χ1n) is 4.42. The third-order valence-electron chi connectivity index (χ3n) is 2.37. The van der Waals surface area contributed by atoms with Gasteiger partial charge < -0.3 is 10.5 Å². The zero-order valence-electron chi connectivity index (χ0n) is 7.29. The summed E-state index contributed by atoms with van der Waals surface area (Å²) in [5.41, 5.74) is 7.17. The highest BCUT2D eigenvalue weighted by atomic mass is 19.1. The summed E-state index contributed by atoms with van der Waals surface area (Å²) in [5, 5.41) is 0. The number of halogens is 1. The molecule has 0 spiro atoms. The van der Waals surface area contributed by atoms with Crippen LogP contribution in [0, 0.1) is 5.82 Å². The fraction of sp³-hybridized carbons (Fsp3) is 0.400. The summed E-state index contributed by atoms with van der Waals surface area (Å²) >= 11 is 0. The molecule has 1 heterocycles. The van der Waals surface area contributed by atoms with Gasteiger partial charge in [0.1, 0.15) is 5.82 Å². The predicted molar refractivity (Wildman–Crippen MR) is 47.9 cm³/mol. The first kappa shape index (κ1) is 8.66. The maximum atomic E-state index is 13.4. The van der Waals surface area contributed by atoms with E-state index in [2.05, 4.69) is 0 Å². The summed E-state index contributed by atoms with van der Waals surface area (Å²) in [5.74, 6) is -0.201. The number of fused-ring (bicyclic) bond motifs is 1. The molecule has 3 heteroatoms. The first-order chi connectivity index (χ1) is 6.33. The second-order valence-electron chi connectivity index (χ2n) is 3.16. The molecule has 1 atom stereocenters. The molecule has 2 nitrogen and oxygen atoms in total. The Morgan fingerprint density at radius 1 is 1.54 bits per heavy atom. The topological polar surface area (TPSA) is 35.2 Å². The van der Waals surface area contributed by atoms with Crippen LogP contribution in [0.4, 0.5) is 4.39 Å². The lowest BCUT2D eigenvalue weighted by Crippen LogP contribution is -2.24. The molecule has 0 unspecified atom stereocenters. The molecule has 1 aliphatic rings. The second kappa shape index (κ2) is 3.44. The van der Waals surface area contributed by atoms with Crippen molar-refractivity contribution >= 4 is 0 Å². The van der Waals surface area contributed by atoms with E-state index in [1.165, 1.54) is 6.07 Å². The standard InChI is InChI=1S/C10H12FNO/c11-8-3-1-2-7-4-5-13-9(6-12)10(7)8/h1-3,9H,4-6,12H2/t9-/m1/s1. The minimum atomic E-state index is -0.259. The molecular formula is C10H12FNO. The molecule has 0 aliphatic carbocycles. The fourth-order valence-corrected chi connectivity index (χ4v) is 1.74. The highest BCUT2D eigenvalue weighted by molar-refractivity contribution is 5.32. The Bertz CT molecular complexity index is 314. The van der Waals surface area contributed by atoms with E-state index in [-0.39, 0.29) is 11.9 Å². The Labute approximate surface area is 76.5 Å². The number of hydrogen-bond donors (Lipinski definition) is 1. The smallest absolute Gasteiger partial charge is 0.129 e. The van der Waals surface area contributed by atoms with Gasteiger partial charge in [-0.05, 0) is 18.1 Å². The minimum Gasteiger partial charge on any atom is -0.372 e. The van der Waals surface area contributed by atoms with Gasteiger partial charge in [-0.2, -0.15) is 0 Å². The van der Waals surface area contributed by atoms with E-state index in [1.807, 2.05) is 6.07 Å². The van der Waals surface area contributed by atoms with Crippen molar-refractivity contribution in [3.8, 4) is 0 Å². The average molecular weight is 181 g/mol. The van der Waals surface area contributed by atoms with Crippen molar-refractivity contribution in [2.75, 3.05) is 13.2 Å². The summed E-state index contributed by atoms with van der Waals surface area (Å²) in [6.07, 6.45) is 0.522. The third-order valence-corrected chi connectivity index (χ3v) is 2.37. The minimum absolute atomic E-state index is 0.201. The highest BCUT2D eigenvalue weighted by Gasteiger charge is 2.22. The molecule has 13 heavy (non-hydrogen) atoms. The molecule has 2 rings (SSSR count). The highest BCUT2D eigenvalue weighted by Crippen LogP contribution is 2.28. The van der Waals surface area contributed by atoms with Crippen LogP contribution in [0.3, 0.4) is 0 Å². The summed E-state index contributed by atoms with van der Waals surface area (Å²) in [4.78, 5) is 0. The quantitative estimate of drug-likeness (QED) is 0.710. The summed E-state index contributed by atoms with van der Waals surface area (Å²) in [7, 11) is 0. The SMILES string of the molecule is NC[C@H]1OCCc2cccc(F)c21. The van der Waals surface area contributed by atoms with Crippen LogP contribution in [0.15, 0.2) is 18.2 Å². The first-order valence-corrected chi connectivity index (χ1v) is 4.42. The van der Waals surface area contributed by atoms with Crippen molar-refractivity contribution < 1.29 is 9.13 Å². The Morgan fingerprint density at radius 2 is 2.38 bits per heavy atom. The molecule has 1 aliphatic heterocycles. The molecule has 0 saturated heterocycles. The Balaban J connectivity index is 2.47. The van der Waals surface area contributed by atoms with E-state index in [9.17, 15) is 4.39 Å². The Morgan fingerprint density at radius 3 is 3.15 bits per heavy atom. The van der Waals surface area contributed by atoms with Crippen LogP contribution < -0.4 is 5.73 Å². The van der Waals surface area contributed by atoms with Crippen molar-refractivity contribution in [1.82, 2.24) is 0 Å². The Hall–Kier alpha value is -0.930. The maximum Gasteiger partial charge on any atom is 0.129 e. The molecule has 1 aromatic carbocycles. The summed E-state index contributed by atoms with van der Waals surface area (Å²) in [6.45, 7) is 0.978. The summed E-state index contributed by atoms with van der Waals surface area (Å²) in [6, 6.07) is 5.12.